The second-order valence-electron chi connectivity index (χ2n) is 7.11. The zero-order valence-corrected chi connectivity index (χ0v) is 20.6. The van der Waals surface area contributed by atoms with E-state index < -0.39 is 10.0 Å². The van der Waals surface area contributed by atoms with Crippen LogP contribution in [0.15, 0.2) is 36.4 Å². The molecule has 2 aromatic carbocycles. The molecule has 2 aromatic rings. The first-order chi connectivity index (χ1) is 15.2. The number of benzene rings is 2. The highest BCUT2D eigenvalue weighted by Gasteiger charge is 2.21. The molecule has 3 rings (SSSR count). The Balaban J connectivity index is 1.39. The van der Waals surface area contributed by atoms with E-state index in [1.807, 2.05) is 6.07 Å². The van der Waals surface area contributed by atoms with Gasteiger partial charge in [-0.3, -0.25) is 9.10 Å². The summed E-state index contributed by atoms with van der Waals surface area (Å²) < 4.78 is 36.4. The van der Waals surface area contributed by atoms with Gasteiger partial charge in [-0.1, -0.05) is 29.3 Å². The van der Waals surface area contributed by atoms with Gasteiger partial charge in [0.25, 0.3) is 0 Å². The number of sulfonamides is 1. The number of anilines is 1. The molecule has 0 aliphatic carbocycles. The second kappa shape index (κ2) is 11.4. The Hall–Kier alpha value is -1.81. The number of nitrogens with zero attached hydrogens (tertiary/aromatic N) is 1. The lowest BCUT2D eigenvalue weighted by Crippen LogP contribution is -2.32. The maximum atomic E-state index is 12.2. The van der Waals surface area contributed by atoms with E-state index in [0.717, 1.165) is 23.3 Å². The molecule has 1 amide bonds. The lowest BCUT2D eigenvalue weighted by molar-refractivity contribution is -0.121. The van der Waals surface area contributed by atoms with Gasteiger partial charge in [0.1, 0.15) is 0 Å². The number of nitrogens with one attached hydrogen (secondary N) is 1. The molecule has 0 saturated carbocycles. The maximum absolute atomic E-state index is 12.2. The molecular weight excluding hydrogens is 495 g/mol. The Bertz CT molecular complexity index is 1070. The van der Waals surface area contributed by atoms with Gasteiger partial charge in [0.2, 0.25) is 22.7 Å². The van der Waals surface area contributed by atoms with E-state index in [4.69, 9.17) is 32.7 Å². The van der Waals surface area contributed by atoms with Gasteiger partial charge in [0, 0.05) is 47.1 Å². The summed E-state index contributed by atoms with van der Waals surface area (Å²) in [5.74, 6) is 2.43. The van der Waals surface area contributed by atoms with Gasteiger partial charge in [-0.05, 0) is 36.2 Å². The van der Waals surface area contributed by atoms with Crippen LogP contribution in [-0.4, -0.2) is 46.2 Å². The van der Waals surface area contributed by atoms with E-state index in [1.165, 1.54) is 4.31 Å². The van der Waals surface area contributed by atoms with Crippen LogP contribution in [-0.2, 0) is 20.6 Å². The summed E-state index contributed by atoms with van der Waals surface area (Å²) in [5.41, 5.74) is 1.48. The Morgan fingerprint density at radius 2 is 1.94 bits per heavy atom. The first-order valence-corrected chi connectivity index (χ1v) is 13.7. The summed E-state index contributed by atoms with van der Waals surface area (Å²) in [7, 11) is -3.51. The Morgan fingerprint density at radius 3 is 2.69 bits per heavy atom. The van der Waals surface area contributed by atoms with Crippen molar-refractivity contribution in [2.45, 2.75) is 18.6 Å². The van der Waals surface area contributed by atoms with E-state index in [0.29, 0.717) is 40.2 Å². The van der Waals surface area contributed by atoms with Crippen LogP contribution < -0.4 is 19.1 Å². The van der Waals surface area contributed by atoms with Gasteiger partial charge in [0.15, 0.2) is 11.5 Å². The van der Waals surface area contributed by atoms with E-state index in [2.05, 4.69) is 5.32 Å². The lowest BCUT2D eigenvalue weighted by atomic mass is 10.2. The minimum atomic E-state index is -3.51. The number of hydrogen-bond donors (Lipinski definition) is 1. The Kier molecular flexibility index (Phi) is 8.81. The molecule has 0 radical (unpaired) electrons. The van der Waals surface area contributed by atoms with Gasteiger partial charge in [-0.15, -0.1) is 0 Å². The first kappa shape index (κ1) is 24.8. The summed E-state index contributed by atoms with van der Waals surface area (Å²) in [6.45, 7) is 0.825. The minimum absolute atomic E-state index is 0.114. The third-order valence-electron chi connectivity index (χ3n) is 4.65. The molecule has 0 unspecified atom stereocenters. The predicted molar refractivity (Wildman–Crippen MR) is 130 cm³/mol. The van der Waals surface area contributed by atoms with Gasteiger partial charge in [-0.2, -0.15) is 11.8 Å². The number of thioether (sulfide) groups is 1. The number of hydrogen-bond acceptors (Lipinski definition) is 6. The molecule has 0 fully saturated rings. The average Bonchev–Trinajstić information content (AvgIpc) is 3.19. The molecule has 174 valence electrons. The quantitative estimate of drug-likeness (QED) is 0.446. The van der Waals surface area contributed by atoms with Crippen LogP contribution in [0.3, 0.4) is 0 Å². The van der Waals surface area contributed by atoms with Crippen LogP contribution >= 0.6 is 35.0 Å². The fraction of sp³-hybridized carbons (Fsp3) is 0.381. The van der Waals surface area contributed by atoms with Crippen LogP contribution in [0.4, 0.5) is 5.69 Å². The molecule has 11 heteroatoms. The monoisotopic (exact) mass is 518 g/mol. The Labute approximate surface area is 202 Å². The SMILES string of the molecule is CS(=O)(=O)N(CCCC(=O)NCCSCc1ccc(Cl)cc1Cl)c1ccc2c(c1)OCO2. The first-order valence-electron chi connectivity index (χ1n) is 9.90. The molecule has 1 aliphatic heterocycles. The molecule has 1 N–H and O–H groups in total. The Morgan fingerprint density at radius 1 is 1.16 bits per heavy atom. The number of amides is 1. The number of rotatable bonds is 11. The van der Waals surface area contributed by atoms with Crippen molar-refractivity contribution in [1.82, 2.24) is 5.32 Å². The van der Waals surface area contributed by atoms with E-state index in [9.17, 15) is 13.2 Å². The van der Waals surface area contributed by atoms with Crippen molar-refractivity contribution < 1.29 is 22.7 Å². The number of halogens is 2. The molecule has 0 saturated heterocycles. The van der Waals surface area contributed by atoms with Crippen molar-refractivity contribution >= 4 is 56.6 Å². The van der Waals surface area contributed by atoms with Crippen molar-refractivity contribution in [2.75, 3.05) is 36.2 Å². The smallest absolute Gasteiger partial charge is 0.232 e. The summed E-state index contributed by atoms with van der Waals surface area (Å²) >= 11 is 13.7. The predicted octanol–water partition coefficient (Wildman–Crippen LogP) is 4.32. The number of carbonyl (C=O) groups excluding carboxylic acids is 1. The summed E-state index contributed by atoms with van der Waals surface area (Å²) in [4.78, 5) is 12.1. The molecule has 0 spiro atoms. The standard InChI is InChI=1S/C21H24Cl2N2O5S2/c1-32(27,28)25(17-6-7-19-20(12-17)30-14-29-19)9-2-3-21(26)24-8-10-31-13-15-4-5-16(22)11-18(15)23/h4-7,11-12H,2-3,8-10,13-14H2,1H3,(H,24,26). The molecule has 7 nitrogen and oxygen atoms in total. The molecule has 1 heterocycles. The van der Waals surface area contributed by atoms with Crippen molar-refractivity contribution in [1.29, 1.82) is 0 Å². The van der Waals surface area contributed by atoms with Gasteiger partial charge < -0.3 is 14.8 Å². The molecule has 0 atom stereocenters. The zero-order valence-electron chi connectivity index (χ0n) is 17.5. The largest absolute Gasteiger partial charge is 0.454 e. The third kappa shape index (κ3) is 7.10. The van der Waals surface area contributed by atoms with E-state index in [1.54, 1.807) is 42.1 Å². The topological polar surface area (TPSA) is 84.9 Å². The van der Waals surface area contributed by atoms with Crippen LogP contribution in [0.5, 0.6) is 11.5 Å². The minimum Gasteiger partial charge on any atom is -0.454 e. The molecule has 0 bridgehead atoms. The molecular formula is C21H24Cl2N2O5S2. The van der Waals surface area contributed by atoms with Crippen molar-refractivity contribution in [3.8, 4) is 11.5 Å². The zero-order chi connectivity index (χ0) is 23.1. The molecule has 32 heavy (non-hydrogen) atoms. The number of fused-ring (bicyclic) bond motifs is 1. The summed E-state index contributed by atoms with van der Waals surface area (Å²) in [5, 5.41) is 4.09. The number of carbonyl (C=O) groups is 1. The number of ether oxygens (including phenoxy) is 2. The maximum Gasteiger partial charge on any atom is 0.232 e. The van der Waals surface area contributed by atoms with Crippen molar-refractivity contribution in [3.63, 3.8) is 0 Å². The summed E-state index contributed by atoms with van der Waals surface area (Å²) in [6, 6.07) is 10.4. The van der Waals surface area contributed by atoms with E-state index in [-0.39, 0.29) is 25.7 Å². The normalized spacial score (nSPS) is 12.6. The second-order valence-corrected chi connectivity index (χ2v) is 11.0. The molecule has 1 aliphatic rings. The van der Waals surface area contributed by atoms with Crippen LogP contribution in [0.2, 0.25) is 10.0 Å². The van der Waals surface area contributed by atoms with Crippen LogP contribution in [0.1, 0.15) is 18.4 Å². The highest BCUT2D eigenvalue weighted by atomic mass is 35.5. The van der Waals surface area contributed by atoms with Crippen molar-refractivity contribution in [3.05, 3.63) is 52.0 Å². The average molecular weight is 519 g/mol. The third-order valence-corrected chi connectivity index (χ3v) is 7.44. The fourth-order valence-corrected chi connectivity index (χ4v) is 5.46. The van der Waals surface area contributed by atoms with Gasteiger partial charge >= 0.3 is 0 Å². The van der Waals surface area contributed by atoms with Gasteiger partial charge in [-0.25, -0.2) is 8.42 Å². The fourth-order valence-electron chi connectivity index (χ4n) is 3.08. The summed E-state index contributed by atoms with van der Waals surface area (Å²) in [6.07, 6.45) is 1.76. The van der Waals surface area contributed by atoms with Crippen LogP contribution in [0.25, 0.3) is 0 Å². The highest BCUT2D eigenvalue weighted by molar-refractivity contribution is 7.98. The van der Waals surface area contributed by atoms with Gasteiger partial charge in [0.05, 0.1) is 11.9 Å². The lowest BCUT2D eigenvalue weighted by Gasteiger charge is -2.22. The molecule has 0 aromatic heterocycles. The van der Waals surface area contributed by atoms with E-state index >= 15 is 0 Å². The highest BCUT2D eigenvalue weighted by Crippen LogP contribution is 2.36. The van der Waals surface area contributed by atoms with Crippen LogP contribution in [0, 0.1) is 0 Å². The van der Waals surface area contributed by atoms with Crippen molar-refractivity contribution in [2.24, 2.45) is 0 Å².